The predicted molar refractivity (Wildman–Crippen MR) is 84.5 cm³/mol. The predicted octanol–water partition coefficient (Wildman–Crippen LogP) is 1.77. The van der Waals surface area contributed by atoms with Gasteiger partial charge in [-0.25, -0.2) is 4.79 Å². The molecule has 2 rings (SSSR count). The quantitative estimate of drug-likeness (QED) is 0.834. The Kier molecular flexibility index (Phi) is 5.60. The van der Waals surface area contributed by atoms with Crippen LogP contribution in [-0.2, 0) is 4.79 Å². The molecule has 2 atom stereocenters. The Bertz CT molecular complexity index is 555. The van der Waals surface area contributed by atoms with Gasteiger partial charge in [0, 0.05) is 13.0 Å². The molecule has 0 bridgehead atoms. The second-order valence-electron chi connectivity index (χ2n) is 6.33. The summed E-state index contributed by atoms with van der Waals surface area (Å²) in [7, 11) is 0. The van der Waals surface area contributed by atoms with Crippen LogP contribution in [0.1, 0.15) is 37.0 Å². The number of hydrogen-bond acceptors (Lipinski definition) is 4. The average Bonchev–Trinajstić information content (AvgIpc) is 2.86. The highest BCUT2D eigenvalue weighted by atomic mass is 16.5. The highest BCUT2D eigenvalue weighted by Crippen LogP contribution is 2.22. The lowest BCUT2D eigenvalue weighted by atomic mass is 10.1. The number of carbonyl (C=O) groups excluding carboxylic acids is 1. The number of rotatable bonds is 6. The number of carbonyl (C=O) groups is 2. The van der Waals surface area contributed by atoms with E-state index < -0.39 is 12.1 Å². The molecule has 0 saturated carbocycles. The zero-order valence-corrected chi connectivity index (χ0v) is 13.4. The lowest BCUT2D eigenvalue weighted by Gasteiger charge is -2.25. The van der Waals surface area contributed by atoms with E-state index in [0.29, 0.717) is 25.1 Å². The van der Waals surface area contributed by atoms with Gasteiger partial charge in [0.2, 0.25) is 5.91 Å². The number of carboxylic acids is 1. The van der Waals surface area contributed by atoms with E-state index in [1.54, 1.807) is 17.0 Å². The van der Waals surface area contributed by atoms with Crippen LogP contribution in [0.15, 0.2) is 24.3 Å². The van der Waals surface area contributed by atoms with E-state index in [9.17, 15) is 14.7 Å². The highest BCUT2D eigenvalue weighted by molar-refractivity contribution is 5.87. The molecule has 0 aromatic heterocycles. The topological polar surface area (TPSA) is 87.1 Å². The van der Waals surface area contributed by atoms with Crippen molar-refractivity contribution in [3.8, 4) is 5.75 Å². The second kappa shape index (κ2) is 7.46. The van der Waals surface area contributed by atoms with Gasteiger partial charge in [0.05, 0.1) is 17.7 Å². The fraction of sp³-hybridized carbons (Fsp3) is 0.529. The largest absolute Gasteiger partial charge is 0.491 e. The molecule has 126 valence electrons. The van der Waals surface area contributed by atoms with Crippen LogP contribution in [-0.4, -0.2) is 52.3 Å². The Balaban J connectivity index is 1.94. The highest BCUT2D eigenvalue weighted by Gasteiger charge is 2.34. The number of aliphatic hydroxyl groups excluding tert-OH is 1. The molecule has 1 aromatic carbocycles. The summed E-state index contributed by atoms with van der Waals surface area (Å²) in [5.74, 6) is -0.134. The number of hydrogen-bond donors (Lipinski definition) is 2. The summed E-state index contributed by atoms with van der Waals surface area (Å²) in [6, 6.07) is 5.98. The summed E-state index contributed by atoms with van der Waals surface area (Å²) in [5, 5.41) is 18.7. The van der Waals surface area contributed by atoms with Gasteiger partial charge in [-0.05, 0) is 36.6 Å². The Labute approximate surface area is 135 Å². The van der Waals surface area contributed by atoms with Gasteiger partial charge >= 0.3 is 5.97 Å². The first kappa shape index (κ1) is 17.3. The Morgan fingerprint density at radius 3 is 2.52 bits per heavy atom. The van der Waals surface area contributed by atoms with Gasteiger partial charge in [0.1, 0.15) is 12.4 Å². The maximum Gasteiger partial charge on any atom is 0.335 e. The van der Waals surface area contributed by atoms with Gasteiger partial charge in [-0.1, -0.05) is 13.8 Å². The van der Waals surface area contributed by atoms with Crippen molar-refractivity contribution in [2.75, 3.05) is 13.2 Å². The van der Waals surface area contributed by atoms with Crippen molar-refractivity contribution in [3.63, 3.8) is 0 Å². The first-order valence-corrected chi connectivity index (χ1v) is 7.80. The molecule has 0 aliphatic carbocycles. The molecular formula is C17H23NO5. The summed E-state index contributed by atoms with van der Waals surface area (Å²) in [6.07, 6.45) is 0.433. The van der Waals surface area contributed by atoms with Crippen molar-refractivity contribution in [1.29, 1.82) is 0 Å². The lowest BCUT2D eigenvalue weighted by molar-refractivity contribution is -0.133. The molecule has 6 nitrogen and oxygen atoms in total. The SMILES string of the molecule is CC(C)CC(=O)N1C[C@H](O)CC1COc1ccc(C(=O)O)cc1. The fourth-order valence-electron chi connectivity index (χ4n) is 2.71. The van der Waals surface area contributed by atoms with Crippen LogP contribution in [0.5, 0.6) is 5.75 Å². The van der Waals surface area contributed by atoms with E-state index in [-0.39, 0.29) is 30.0 Å². The molecule has 6 heteroatoms. The van der Waals surface area contributed by atoms with E-state index in [1.807, 2.05) is 13.8 Å². The number of amides is 1. The third-order valence-corrected chi connectivity index (χ3v) is 3.84. The molecule has 1 aliphatic rings. The number of likely N-dealkylation sites (tertiary alicyclic amines) is 1. The standard InChI is InChI=1S/C17H23NO5/c1-11(2)7-16(20)18-9-14(19)8-13(18)10-23-15-5-3-12(4-6-15)17(21)22/h3-6,11,13-14,19H,7-10H2,1-2H3,(H,21,22)/t13?,14-/m1/s1. The van der Waals surface area contributed by atoms with Crippen molar-refractivity contribution in [2.24, 2.45) is 5.92 Å². The minimum Gasteiger partial charge on any atom is -0.491 e. The van der Waals surface area contributed by atoms with Crippen molar-refractivity contribution in [2.45, 2.75) is 38.8 Å². The van der Waals surface area contributed by atoms with Crippen LogP contribution >= 0.6 is 0 Å². The van der Waals surface area contributed by atoms with Crippen molar-refractivity contribution in [1.82, 2.24) is 4.90 Å². The molecule has 1 saturated heterocycles. The molecule has 1 aliphatic heterocycles. The molecule has 1 amide bonds. The van der Waals surface area contributed by atoms with Gasteiger partial charge in [-0.3, -0.25) is 4.79 Å². The third kappa shape index (κ3) is 4.69. The first-order chi connectivity index (χ1) is 10.9. The van der Waals surface area contributed by atoms with Gasteiger partial charge < -0.3 is 19.8 Å². The normalized spacial score (nSPS) is 20.8. The van der Waals surface area contributed by atoms with Crippen LogP contribution in [0, 0.1) is 5.92 Å². The average molecular weight is 321 g/mol. The number of β-amino-alcohol motifs (C(OH)–C–C–N with tert-alkyl or cyclic N) is 1. The van der Waals surface area contributed by atoms with Crippen molar-refractivity contribution in [3.05, 3.63) is 29.8 Å². The number of benzene rings is 1. The summed E-state index contributed by atoms with van der Waals surface area (Å²) in [5.41, 5.74) is 0.197. The molecule has 1 unspecified atom stereocenters. The lowest BCUT2D eigenvalue weighted by Crippen LogP contribution is -2.39. The van der Waals surface area contributed by atoms with E-state index >= 15 is 0 Å². The maximum absolute atomic E-state index is 12.2. The molecule has 0 spiro atoms. The number of aliphatic hydroxyl groups is 1. The summed E-state index contributed by atoms with van der Waals surface area (Å²) in [6.45, 7) is 4.60. The number of aromatic carboxylic acids is 1. The van der Waals surface area contributed by atoms with Crippen LogP contribution in [0.4, 0.5) is 0 Å². The number of nitrogens with zero attached hydrogens (tertiary/aromatic N) is 1. The zero-order valence-electron chi connectivity index (χ0n) is 13.4. The monoisotopic (exact) mass is 321 g/mol. The number of carboxylic acid groups (broad SMARTS) is 1. The van der Waals surface area contributed by atoms with Gasteiger partial charge in [0.15, 0.2) is 0 Å². The minimum absolute atomic E-state index is 0.0337. The van der Waals surface area contributed by atoms with Gasteiger partial charge in [0.25, 0.3) is 0 Å². The van der Waals surface area contributed by atoms with Crippen LogP contribution in [0.25, 0.3) is 0 Å². The van der Waals surface area contributed by atoms with Crippen LogP contribution in [0.2, 0.25) is 0 Å². The molecule has 0 radical (unpaired) electrons. The summed E-state index contributed by atoms with van der Waals surface area (Å²) >= 11 is 0. The van der Waals surface area contributed by atoms with Crippen molar-refractivity contribution < 1.29 is 24.5 Å². The fourth-order valence-corrected chi connectivity index (χ4v) is 2.71. The maximum atomic E-state index is 12.2. The van der Waals surface area contributed by atoms with E-state index in [0.717, 1.165) is 0 Å². The van der Waals surface area contributed by atoms with Gasteiger partial charge in [-0.15, -0.1) is 0 Å². The minimum atomic E-state index is -0.985. The molecule has 1 aromatic rings. The Morgan fingerprint density at radius 1 is 1.30 bits per heavy atom. The van der Waals surface area contributed by atoms with E-state index in [2.05, 4.69) is 0 Å². The second-order valence-corrected chi connectivity index (χ2v) is 6.33. The molecule has 2 N–H and O–H groups in total. The summed E-state index contributed by atoms with van der Waals surface area (Å²) < 4.78 is 5.66. The first-order valence-electron chi connectivity index (χ1n) is 7.80. The smallest absolute Gasteiger partial charge is 0.335 e. The molecule has 1 fully saturated rings. The summed E-state index contributed by atoms with van der Waals surface area (Å²) in [4.78, 5) is 24.7. The third-order valence-electron chi connectivity index (χ3n) is 3.84. The molecular weight excluding hydrogens is 298 g/mol. The molecule has 23 heavy (non-hydrogen) atoms. The van der Waals surface area contributed by atoms with E-state index in [1.165, 1.54) is 12.1 Å². The van der Waals surface area contributed by atoms with Crippen molar-refractivity contribution >= 4 is 11.9 Å². The van der Waals surface area contributed by atoms with Gasteiger partial charge in [-0.2, -0.15) is 0 Å². The Morgan fingerprint density at radius 2 is 1.96 bits per heavy atom. The Hall–Kier alpha value is -2.08. The van der Waals surface area contributed by atoms with Crippen LogP contribution in [0.3, 0.4) is 0 Å². The number of ether oxygens (including phenoxy) is 1. The van der Waals surface area contributed by atoms with Crippen LogP contribution < -0.4 is 4.74 Å². The zero-order chi connectivity index (χ0) is 17.0. The molecule has 1 heterocycles. The van der Waals surface area contributed by atoms with E-state index in [4.69, 9.17) is 9.84 Å².